The van der Waals surface area contributed by atoms with Crippen LogP contribution in [-0.2, 0) is 0 Å². The monoisotopic (exact) mass is 261 g/mol. The molecular weight excluding hydrogens is 234 g/mol. The van der Waals surface area contributed by atoms with Gasteiger partial charge in [0.1, 0.15) is 5.75 Å². The topological polar surface area (TPSA) is 21.3 Å². The zero-order valence-corrected chi connectivity index (χ0v) is 12.5. The smallest absolute Gasteiger partial charge is 0.123 e. The zero-order chi connectivity index (χ0) is 13.7. The van der Waals surface area contributed by atoms with Crippen LogP contribution in [0.5, 0.6) is 5.75 Å². The molecule has 19 heavy (non-hydrogen) atoms. The van der Waals surface area contributed by atoms with E-state index in [1.165, 1.54) is 31.2 Å². The second kappa shape index (κ2) is 6.95. The molecule has 2 nitrogen and oxygen atoms in total. The number of hydrogen-bond donors (Lipinski definition) is 1. The van der Waals surface area contributed by atoms with Crippen LogP contribution in [0.3, 0.4) is 0 Å². The largest absolute Gasteiger partial charge is 0.491 e. The molecule has 0 aliphatic heterocycles. The first-order chi connectivity index (χ1) is 9.22. The van der Waals surface area contributed by atoms with Gasteiger partial charge >= 0.3 is 0 Å². The molecule has 1 N–H and O–H groups in total. The van der Waals surface area contributed by atoms with Crippen molar-refractivity contribution < 1.29 is 4.74 Å². The van der Waals surface area contributed by atoms with Gasteiger partial charge in [-0.1, -0.05) is 38.0 Å². The van der Waals surface area contributed by atoms with Crippen LogP contribution in [0.15, 0.2) is 24.3 Å². The van der Waals surface area contributed by atoms with Gasteiger partial charge in [0.05, 0.1) is 6.10 Å². The Morgan fingerprint density at radius 3 is 2.68 bits per heavy atom. The normalized spacial score (nSPS) is 23.6. The van der Waals surface area contributed by atoms with Gasteiger partial charge in [-0.25, -0.2) is 0 Å². The maximum absolute atomic E-state index is 6.00. The molecular formula is C17H27NO. The molecule has 2 atom stereocenters. The Balaban J connectivity index is 2.22. The van der Waals surface area contributed by atoms with Crippen LogP contribution in [0, 0.1) is 0 Å². The molecule has 1 fully saturated rings. The average molecular weight is 261 g/mol. The van der Waals surface area contributed by atoms with Crippen LogP contribution in [0.25, 0.3) is 0 Å². The van der Waals surface area contributed by atoms with E-state index >= 15 is 0 Å². The summed E-state index contributed by atoms with van der Waals surface area (Å²) in [5.74, 6) is 1.68. The van der Waals surface area contributed by atoms with Crippen molar-refractivity contribution in [2.24, 2.45) is 0 Å². The lowest BCUT2D eigenvalue weighted by Crippen LogP contribution is -2.37. The van der Waals surface area contributed by atoms with Crippen molar-refractivity contribution in [3.8, 4) is 5.75 Å². The molecule has 1 aliphatic rings. The van der Waals surface area contributed by atoms with E-state index in [-0.39, 0.29) is 6.10 Å². The summed E-state index contributed by atoms with van der Waals surface area (Å²) < 4.78 is 6.00. The summed E-state index contributed by atoms with van der Waals surface area (Å²) in [6, 6.07) is 9.19. The van der Waals surface area contributed by atoms with Crippen molar-refractivity contribution in [2.45, 2.75) is 64.5 Å². The number of ether oxygens (including phenoxy) is 1. The third-order valence-electron chi connectivity index (χ3n) is 3.91. The Kier molecular flexibility index (Phi) is 5.26. The number of rotatable bonds is 5. The molecule has 0 amide bonds. The summed E-state index contributed by atoms with van der Waals surface area (Å²) in [6.07, 6.45) is 5.48. The molecule has 1 aliphatic carbocycles. The fourth-order valence-electron chi connectivity index (χ4n) is 3.16. The standard InChI is InChI=1S/C17H27NO/c1-4-18-16-11-7-5-9-14(16)15-10-6-8-12-17(15)19-13(2)3/h6,8,10,12-14,16,18H,4-5,7,9,11H2,1-3H3. The minimum Gasteiger partial charge on any atom is -0.491 e. The van der Waals surface area contributed by atoms with E-state index in [4.69, 9.17) is 4.74 Å². The molecule has 0 radical (unpaired) electrons. The molecule has 106 valence electrons. The Morgan fingerprint density at radius 2 is 1.95 bits per heavy atom. The lowest BCUT2D eigenvalue weighted by molar-refractivity contribution is 0.233. The van der Waals surface area contributed by atoms with Crippen molar-refractivity contribution >= 4 is 0 Å². The first kappa shape index (κ1) is 14.4. The molecule has 0 bridgehead atoms. The molecule has 2 rings (SSSR count). The molecule has 0 heterocycles. The molecule has 0 spiro atoms. The average Bonchev–Trinajstić information content (AvgIpc) is 2.40. The van der Waals surface area contributed by atoms with E-state index in [0.29, 0.717) is 12.0 Å². The molecule has 0 saturated heterocycles. The summed E-state index contributed by atoms with van der Waals surface area (Å²) in [5, 5.41) is 3.66. The number of benzene rings is 1. The Morgan fingerprint density at radius 1 is 1.21 bits per heavy atom. The summed E-state index contributed by atoms with van der Waals surface area (Å²) in [6.45, 7) is 7.44. The lowest BCUT2D eigenvalue weighted by Gasteiger charge is -2.33. The van der Waals surface area contributed by atoms with Crippen LogP contribution in [0.4, 0.5) is 0 Å². The van der Waals surface area contributed by atoms with Gasteiger partial charge in [0.2, 0.25) is 0 Å². The minimum atomic E-state index is 0.238. The van der Waals surface area contributed by atoms with E-state index in [2.05, 4.69) is 50.4 Å². The van der Waals surface area contributed by atoms with E-state index in [1.807, 2.05) is 0 Å². The fourth-order valence-corrected chi connectivity index (χ4v) is 3.16. The second-order valence-corrected chi connectivity index (χ2v) is 5.76. The maximum atomic E-state index is 6.00. The Bertz CT molecular complexity index is 387. The van der Waals surface area contributed by atoms with E-state index in [9.17, 15) is 0 Å². The maximum Gasteiger partial charge on any atom is 0.123 e. The SMILES string of the molecule is CCNC1CCCCC1c1ccccc1OC(C)C. The number of likely N-dealkylation sites (N-methyl/N-ethyl adjacent to an activating group) is 1. The van der Waals surface area contributed by atoms with Crippen molar-refractivity contribution in [1.29, 1.82) is 0 Å². The minimum absolute atomic E-state index is 0.238. The second-order valence-electron chi connectivity index (χ2n) is 5.76. The molecule has 2 unspecified atom stereocenters. The number of para-hydroxylation sites is 1. The third kappa shape index (κ3) is 3.73. The van der Waals surface area contributed by atoms with Gasteiger partial charge in [0.25, 0.3) is 0 Å². The summed E-state index contributed by atoms with van der Waals surface area (Å²) in [4.78, 5) is 0. The highest BCUT2D eigenvalue weighted by Crippen LogP contribution is 2.37. The van der Waals surface area contributed by atoms with Gasteiger partial charge in [0.15, 0.2) is 0 Å². The molecule has 0 aromatic heterocycles. The summed E-state index contributed by atoms with van der Waals surface area (Å²) >= 11 is 0. The van der Waals surface area contributed by atoms with Gasteiger partial charge in [-0.15, -0.1) is 0 Å². The quantitative estimate of drug-likeness (QED) is 0.861. The van der Waals surface area contributed by atoms with Gasteiger partial charge < -0.3 is 10.1 Å². The van der Waals surface area contributed by atoms with Crippen LogP contribution >= 0.6 is 0 Å². The third-order valence-corrected chi connectivity index (χ3v) is 3.91. The number of hydrogen-bond acceptors (Lipinski definition) is 2. The fraction of sp³-hybridized carbons (Fsp3) is 0.647. The summed E-state index contributed by atoms with van der Waals surface area (Å²) in [7, 11) is 0. The molecule has 1 aromatic rings. The van der Waals surface area contributed by atoms with Crippen LogP contribution in [0.2, 0.25) is 0 Å². The number of nitrogens with one attached hydrogen (secondary N) is 1. The van der Waals surface area contributed by atoms with Gasteiger partial charge in [0, 0.05) is 12.0 Å². The van der Waals surface area contributed by atoms with Crippen molar-refractivity contribution in [3.63, 3.8) is 0 Å². The predicted octanol–water partition coefficient (Wildman–Crippen LogP) is 4.11. The van der Waals surface area contributed by atoms with Crippen molar-refractivity contribution in [3.05, 3.63) is 29.8 Å². The van der Waals surface area contributed by atoms with Crippen LogP contribution < -0.4 is 10.1 Å². The van der Waals surface area contributed by atoms with Crippen molar-refractivity contribution in [2.75, 3.05) is 6.54 Å². The first-order valence-electron chi connectivity index (χ1n) is 7.71. The first-order valence-corrected chi connectivity index (χ1v) is 7.71. The Labute approximate surface area is 117 Å². The molecule has 2 heteroatoms. The van der Waals surface area contributed by atoms with E-state index in [1.54, 1.807) is 0 Å². The van der Waals surface area contributed by atoms with Crippen molar-refractivity contribution in [1.82, 2.24) is 5.32 Å². The highest BCUT2D eigenvalue weighted by molar-refractivity contribution is 5.37. The zero-order valence-electron chi connectivity index (χ0n) is 12.5. The van der Waals surface area contributed by atoms with Gasteiger partial charge in [-0.2, -0.15) is 0 Å². The molecule has 1 saturated carbocycles. The highest BCUT2D eigenvalue weighted by Gasteiger charge is 2.27. The van der Waals surface area contributed by atoms with Gasteiger partial charge in [-0.05, 0) is 44.9 Å². The highest BCUT2D eigenvalue weighted by atomic mass is 16.5. The van der Waals surface area contributed by atoms with E-state index < -0.39 is 0 Å². The van der Waals surface area contributed by atoms with Crippen LogP contribution in [-0.4, -0.2) is 18.7 Å². The summed E-state index contributed by atoms with van der Waals surface area (Å²) in [5.41, 5.74) is 1.39. The van der Waals surface area contributed by atoms with Crippen LogP contribution in [0.1, 0.15) is 57.9 Å². The Hall–Kier alpha value is -1.02. The van der Waals surface area contributed by atoms with Gasteiger partial charge in [-0.3, -0.25) is 0 Å². The van der Waals surface area contributed by atoms with E-state index in [0.717, 1.165) is 12.3 Å². The lowest BCUT2D eigenvalue weighted by atomic mass is 9.79. The predicted molar refractivity (Wildman–Crippen MR) is 80.9 cm³/mol. The molecule has 1 aromatic carbocycles.